The second-order valence-electron chi connectivity index (χ2n) is 14.8. The van der Waals surface area contributed by atoms with Gasteiger partial charge in [0.15, 0.2) is 5.78 Å². The number of hydrogen-bond donors (Lipinski definition) is 4. The Morgan fingerprint density at radius 1 is 0.792 bits per heavy atom. The van der Waals surface area contributed by atoms with Crippen LogP contribution in [0.4, 0.5) is 0 Å². The third kappa shape index (κ3) is 11.8. The molecule has 4 rings (SSSR count). The van der Waals surface area contributed by atoms with E-state index in [1.165, 1.54) is 22.7 Å². The zero-order chi connectivity index (χ0) is 38.7. The van der Waals surface area contributed by atoms with Crippen molar-refractivity contribution in [2.24, 2.45) is 23.3 Å². The number of nitrogens with two attached hydrogens (primary N) is 2. The first-order chi connectivity index (χ1) is 25.2. The molecule has 2 aromatic carbocycles. The number of benzene rings is 2. The van der Waals surface area contributed by atoms with Gasteiger partial charge in [-0.05, 0) is 73.3 Å². The van der Waals surface area contributed by atoms with E-state index in [0.29, 0.717) is 38.6 Å². The van der Waals surface area contributed by atoms with Crippen LogP contribution in [0, 0.1) is 11.8 Å². The summed E-state index contributed by atoms with van der Waals surface area (Å²) in [7, 11) is -0.603. The van der Waals surface area contributed by atoms with E-state index in [1.807, 2.05) is 74.5 Å². The van der Waals surface area contributed by atoms with Crippen molar-refractivity contribution in [3.05, 3.63) is 82.9 Å². The number of Topliss-reactive ketones (excluding diaryl/α,β-unsaturated/α-hetero) is 1. The summed E-state index contributed by atoms with van der Waals surface area (Å²) in [5.74, 6) is -2.06. The fourth-order valence-corrected chi connectivity index (χ4v) is 8.03. The Morgan fingerprint density at radius 3 is 1.87 bits per heavy atom. The molecular weight excluding hydrogens is 695 g/mol. The van der Waals surface area contributed by atoms with Crippen LogP contribution in [0.5, 0.6) is 0 Å². The molecule has 0 saturated carbocycles. The monoisotopic (exact) mass is 751 g/mol. The van der Waals surface area contributed by atoms with Crippen molar-refractivity contribution in [3.63, 3.8) is 0 Å². The van der Waals surface area contributed by atoms with Gasteiger partial charge in [0, 0.05) is 52.6 Å². The predicted octanol–water partition coefficient (Wildman–Crippen LogP) is 1.78. The molecule has 0 aliphatic carbocycles. The van der Waals surface area contributed by atoms with Crippen LogP contribution in [0.2, 0.25) is 0 Å². The van der Waals surface area contributed by atoms with E-state index in [4.69, 9.17) is 11.5 Å². The molecule has 2 heterocycles. The highest BCUT2D eigenvalue weighted by Gasteiger charge is 2.40. The maximum Gasteiger partial charge on any atom is 0.282 e. The van der Waals surface area contributed by atoms with Gasteiger partial charge in [-0.1, -0.05) is 74.5 Å². The Morgan fingerprint density at radius 2 is 1.34 bits per heavy atom. The Labute approximate surface area is 314 Å². The number of amides is 3. The maximum absolute atomic E-state index is 14.1. The van der Waals surface area contributed by atoms with Crippen molar-refractivity contribution in [1.29, 1.82) is 0 Å². The van der Waals surface area contributed by atoms with Gasteiger partial charge in [-0.3, -0.25) is 19.2 Å². The molecule has 3 amide bonds. The summed E-state index contributed by atoms with van der Waals surface area (Å²) >= 11 is 0. The molecule has 0 fully saturated rings. The van der Waals surface area contributed by atoms with Crippen LogP contribution in [-0.2, 0) is 42.2 Å². The standard InChI is InChI=1S/C39H57N7O6S/c1-27(2)19-30(22-36(47)35(21-29-15-9-6-10-16-29)43-38(49)33(41)20-28-13-7-5-8-14-28)37(48)42-34(17-11-12-18-40)39(50)45-23-31-25-46(26-32(31)24-45)53(51,52)44(3)4/h5-10,13-16,27,30,33-35H,11-12,17-26,40-41H2,1-4H3,(H,42,48)(H,43,49). The van der Waals surface area contributed by atoms with Gasteiger partial charge in [0.05, 0.1) is 12.1 Å². The maximum atomic E-state index is 14.1. The number of nitrogens with zero attached hydrogens (tertiary/aromatic N) is 3. The van der Waals surface area contributed by atoms with E-state index in [9.17, 15) is 27.6 Å². The molecule has 6 N–H and O–H groups in total. The normalized spacial score (nSPS) is 17.1. The van der Waals surface area contributed by atoms with Crippen LogP contribution in [-0.4, -0.2) is 110 Å². The summed E-state index contributed by atoms with van der Waals surface area (Å²) in [5.41, 5.74) is 15.6. The fraction of sp³-hybridized carbons (Fsp3) is 0.538. The van der Waals surface area contributed by atoms with E-state index in [-0.39, 0.29) is 56.6 Å². The molecule has 4 unspecified atom stereocenters. The highest BCUT2D eigenvalue weighted by atomic mass is 32.2. The van der Waals surface area contributed by atoms with E-state index in [1.54, 1.807) is 4.90 Å². The summed E-state index contributed by atoms with van der Waals surface area (Å²) in [6, 6.07) is 16.2. The molecule has 2 aliphatic heterocycles. The smallest absolute Gasteiger partial charge is 0.282 e. The number of nitrogens with one attached hydrogen (secondary N) is 2. The zero-order valence-electron chi connectivity index (χ0n) is 31.5. The van der Waals surface area contributed by atoms with E-state index >= 15 is 0 Å². The van der Waals surface area contributed by atoms with Gasteiger partial charge in [-0.15, -0.1) is 0 Å². The Balaban J connectivity index is 1.46. The molecule has 0 radical (unpaired) electrons. The Bertz CT molecular complexity index is 1680. The lowest BCUT2D eigenvalue weighted by molar-refractivity contribution is -0.138. The van der Waals surface area contributed by atoms with Gasteiger partial charge in [-0.2, -0.15) is 17.0 Å². The van der Waals surface area contributed by atoms with Crippen molar-refractivity contribution in [2.45, 2.75) is 76.9 Å². The van der Waals surface area contributed by atoms with Crippen LogP contribution in [0.25, 0.3) is 0 Å². The molecule has 290 valence electrons. The van der Waals surface area contributed by atoms with Crippen LogP contribution < -0.4 is 22.1 Å². The van der Waals surface area contributed by atoms with Crippen molar-refractivity contribution >= 4 is 33.7 Å². The van der Waals surface area contributed by atoms with E-state index in [2.05, 4.69) is 10.6 Å². The summed E-state index contributed by atoms with van der Waals surface area (Å²) in [6.07, 6.45) is 2.47. The van der Waals surface area contributed by atoms with Crippen LogP contribution in [0.1, 0.15) is 57.1 Å². The molecule has 14 heteroatoms. The predicted molar refractivity (Wildman–Crippen MR) is 205 cm³/mol. The summed E-state index contributed by atoms with van der Waals surface area (Å²) in [5, 5.41) is 5.87. The van der Waals surface area contributed by atoms with Crippen molar-refractivity contribution < 1.29 is 27.6 Å². The fourth-order valence-electron chi connectivity index (χ4n) is 6.93. The first-order valence-corrected chi connectivity index (χ1v) is 19.9. The van der Waals surface area contributed by atoms with E-state index in [0.717, 1.165) is 22.3 Å². The van der Waals surface area contributed by atoms with Gasteiger partial charge in [0.1, 0.15) is 6.04 Å². The highest BCUT2D eigenvalue weighted by molar-refractivity contribution is 7.86. The van der Waals surface area contributed by atoms with Crippen molar-refractivity contribution in [2.75, 3.05) is 46.8 Å². The molecule has 0 bridgehead atoms. The van der Waals surface area contributed by atoms with Gasteiger partial charge in [0.2, 0.25) is 17.7 Å². The lowest BCUT2D eigenvalue weighted by Gasteiger charge is -2.29. The minimum absolute atomic E-state index is 0.0681. The van der Waals surface area contributed by atoms with Gasteiger partial charge in [-0.25, -0.2) is 0 Å². The highest BCUT2D eigenvalue weighted by Crippen LogP contribution is 2.29. The molecule has 4 atom stereocenters. The number of carbonyl (C=O) groups excluding carboxylic acids is 4. The van der Waals surface area contributed by atoms with Gasteiger partial charge < -0.3 is 27.0 Å². The molecule has 53 heavy (non-hydrogen) atoms. The van der Waals surface area contributed by atoms with Gasteiger partial charge >= 0.3 is 0 Å². The van der Waals surface area contributed by atoms with Crippen LogP contribution in [0.15, 0.2) is 71.8 Å². The minimum atomic E-state index is -3.59. The first-order valence-electron chi connectivity index (χ1n) is 18.5. The lowest BCUT2D eigenvalue weighted by Crippen LogP contribution is -2.52. The van der Waals surface area contributed by atoms with Crippen molar-refractivity contribution in [1.82, 2.24) is 24.1 Å². The number of ketones is 1. The largest absolute Gasteiger partial charge is 0.345 e. The second kappa shape index (κ2) is 19.4. The van der Waals surface area contributed by atoms with Gasteiger partial charge in [0.25, 0.3) is 10.2 Å². The number of carbonyl (C=O) groups is 4. The topological polar surface area (TPSA) is 188 Å². The summed E-state index contributed by atoms with van der Waals surface area (Å²) < 4.78 is 28.0. The molecule has 13 nitrogen and oxygen atoms in total. The average Bonchev–Trinajstić information content (AvgIpc) is 3.72. The molecule has 0 spiro atoms. The number of unbranched alkanes of at least 4 members (excludes halogenated alkanes) is 1. The number of hydrogen-bond acceptors (Lipinski definition) is 8. The second-order valence-corrected chi connectivity index (χ2v) is 17.0. The molecule has 0 saturated heterocycles. The van der Waals surface area contributed by atoms with E-state index < -0.39 is 46.1 Å². The third-order valence-corrected chi connectivity index (χ3v) is 11.7. The van der Waals surface area contributed by atoms with Crippen LogP contribution in [0.3, 0.4) is 0 Å². The summed E-state index contributed by atoms with van der Waals surface area (Å²) in [6.45, 7) is 5.41. The quantitative estimate of drug-likeness (QED) is 0.116. The van der Waals surface area contributed by atoms with Crippen molar-refractivity contribution in [3.8, 4) is 0 Å². The minimum Gasteiger partial charge on any atom is -0.345 e. The van der Waals surface area contributed by atoms with Crippen LogP contribution >= 0.6 is 0 Å². The first kappa shape index (κ1) is 41.8. The molecule has 2 aliphatic rings. The molecular formula is C39H57N7O6S. The Kier molecular flexibility index (Phi) is 15.3. The number of rotatable bonds is 20. The lowest BCUT2D eigenvalue weighted by atomic mass is 9.88. The molecule has 2 aromatic rings. The zero-order valence-corrected chi connectivity index (χ0v) is 32.3. The SMILES string of the molecule is CC(C)CC(CC(=O)C(Cc1ccccc1)NC(=O)C(N)Cc1ccccc1)C(=O)NC(CCCCN)C(=O)N1CC2=C(C1)CN(S(=O)(=O)N(C)C)C2. The molecule has 0 aromatic heterocycles. The summed E-state index contributed by atoms with van der Waals surface area (Å²) in [4.78, 5) is 57.1. The average molecular weight is 752 g/mol. The third-order valence-electron chi connectivity index (χ3n) is 9.86. The Hall–Kier alpha value is -3.95.